The maximum atomic E-state index is 5.80. The van der Waals surface area contributed by atoms with Gasteiger partial charge in [0.2, 0.25) is 0 Å². The summed E-state index contributed by atoms with van der Waals surface area (Å²) in [6, 6.07) is 6.25. The van der Waals surface area contributed by atoms with E-state index in [1.165, 1.54) is 12.8 Å². The van der Waals surface area contributed by atoms with Crippen LogP contribution in [0.4, 0.5) is 0 Å². The highest BCUT2D eigenvalue weighted by molar-refractivity contribution is 5.64. The minimum atomic E-state index is 0.0863. The van der Waals surface area contributed by atoms with Crippen LogP contribution in [0.2, 0.25) is 0 Å². The molecule has 1 aliphatic heterocycles. The fraction of sp³-hybridized carbons (Fsp3) is 0.545. The molecule has 1 saturated heterocycles. The Bertz CT molecular complexity index is 817. The van der Waals surface area contributed by atoms with E-state index >= 15 is 0 Å². The van der Waals surface area contributed by atoms with Crippen molar-refractivity contribution in [3.63, 3.8) is 0 Å². The first kappa shape index (κ1) is 19.6. The van der Waals surface area contributed by atoms with E-state index < -0.39 is 0 Å². The first-order chi connectivity index (χ1) is 12.9. The molecule has 1 atom stereocenters. The van der Waals surface area contributed by atoms with E-state index in [2.05, 4.69) is 73.4 Å². The van der Waals surface area contributed by atoms with Crippen LogP contribution >= 0.6 is 0 Å². The fourth-order valence-electron chi connectivity index (χ4n) is 3.16. The SMILES string of the molecule is Cc1cc(C#CCNC(C)(C)C)ccc1-c1cn(C[C@H]2CCCCO2)nn1. The zero-order valence-corrected chi connectivity index (χ0v) is 16.9. The Hall–Kier alpha value is -2.16. The second-order valence-electron chi connectivity index (χ2n) is 8.25. The highest BCUT2D eigenvalue weighted by atomic mass is 16.5. The van der Waals surface area contributed by atoms with Gasteiger partial charge in [0.1, 0.15) is 5.69 Å². The number of nitrogens with one attached hydrogen (secondary N) is 1. The summed E-state index contributed by atoms with van der Waals surface area (Å²) in [5.41, 5.74) is 4.27. The van der Waals surface area contributed by atoms with E-state index in [1.807, 2.05) is 10.9 Å². The lowest BCUT2D eigenvalue weighted by molar-refractivity contribution is 0.00370. The molecule has 27 heavy (non-hydrogen) atoms. The van der Waals surface area contributed by atoms with Crippen molar-refractivity contribution in [3.8, 4) is 23.1 Å². The molecule has 0 radical (unpaired) electrons. The summed E-state index contributed by atoms with van der Waals surface area (Å²) in [5, 5.41) is 12.0. The standard InChI is InChI=1S/C22H30N4O/c1-17-14-18(8-7-12-23-22(2,3)4)10-11-20(17)21-16-26(25-24-21)15-19-9-5-6-13-27-19/h10-11,14,16,19,23H,5-6,9,12-13,15H2,1-4H3/t19-/m1/s1. The lowest BCUT2D eigenvalue weighted by Gasteiger charge is -2.21. The molecule has 2 heterocycles. The van der Waals surface area contributed by atoms with Crippen molar-refractivity contribution in [3.05, 3.63) is 35.5 Å². The number of nitrogens with zero attached hydrogens (tertiary/aromatic N) is 3. The Morgan fingerprint density at radius 1 is 1.30 bits per heavy atom. The number of aromatic nitrogens is 3. The van der Waals surface area contributed by atoms with Gasteiger partial charge in [-0.05, 0) is 64.7 Å². The van der Waals surface area contributed by atoms with Crippen molar-refractivity contribution in [1.82, 2.24) is 20.3 Å². The van der Waals surface area contributed by atoms with Gasteiger partial charge in [0.25, 0.3) is 0 Å². The number of hydrogen-bond donors (Lipinski definition) is 1. The van der Waals surface area contributed by atoms with Gasteiger partial charge in [-0.25, -0.2) is 4.68 Å². The van der Waals surface area contributed by atoms with E-state index in [0.717, 1.165) is 42.0 Å². The van der Waals surface area contributed by atoms with Crippen LogP contribution < -0.4 is 5.32 Å². The number of hydrogen-bond acceptors (Lipinski definition) is 4. The topological polar surface area (TPSA) is 52.0 Å². The summed E-state index contributed by atoms with van der Waals surface area (Å²) < 4.78 is 7.69. The van der Waals surface area contributed by atoms with Gasteiger partial charge >= 0.3 is 0 Å². The van der Waals surface area contributed by atoms with Crippen LogP contribution in [0.5, 0.6) is 0 Å². The van der Waals surface area contributed by atoms with Gasteiger partial charge in [0.15, 0.2) is 0 Å². The molecule has 0 saturated carbocycles. The summed E-state index contributed by atoms with van der Waals surface area (Å²) >= 11 is 0. The second-order valence-corrected chi connectivity index (χ2v) is 8.25. The van der Waals surface area contributed by atoms with Gasteiger partial charge in [-0.2, -0.15) is 0 Å². The van der Waals surface area contributed by atoms with Crippen LogP contribution in [0.25, 0.3) is 11.3 Å². The molecule has 0 bridgehead atoms. The first-order valence-corrected chi connectivity index (χ1v) is 9.77. The normalized spacial score (nSPS) is 17.4. The summed E-state index contributed by atoms with van der Waals surface area (Å²) in [4.78, 5) is 0. The van der Waals surface area contributed by atoms with Crippen LogP contribution in [0.3, 0.4) is 0 Å². The van der Waals surface area contributed by atoms with Gasteiger partial charge < -0.3 is 10.1 Å². The Morgan fingerprint density at radius 3 is 2.85 bits per heavy atom. The first-order valence-electron chi connectivity index (χ1n) is 9.77. The monoisotopic (exact) mass is 366 g/mol. The molecule has 1 N–H and O–H groups in total. The average molecular weight is 367 g/mol. The smallest absolute Gasteiger partial charge is 0.113 e. The van der Waals surface area contributed by atoms with Crippen molar-refractivity contribution < 1.29 is 4.74 Å². The Labute approximate surface area is 162 Å². The van der Waals surface area contributed by atoms with E-state index in [4.69, 9.17) is 4.74 Å². The maximum absolute atomic E-state index is 5.80. The minimum Gasteiger partial charge on any atom is -0.376 e. The largest absolute Gasteiger partial charge is 0.376 e. The molecule has 1 fully saturated rings. The molecule has 0 unspecified atom stereocenters. The zero-order chi connectivity index (χ0) is 19.3. The summed E-state index contributed by atoms with van der Waals surface area (Å²) in [6.45, 7) is 10.8. The van der Waals surface area contributed by atoms with Crippen molar-refractivity contribution in [2.45, 2.75) is 65.1 Å². The van der Waals surface area contributed by atoms with E-state index in [9.17, 15) is 0 Å². The Kier molecular flexibility index (Phi) is 6.30. The number of rotatable bonds is 4. The van der Waals surface area contributed by atoms with Crippen molar-refractivity contribution in [2.24, 2.45) is 0 Å². The van der Waals surface area contributed by atoms with Crippen molar-refractivity contribution >= 4 is 0 Å². The van der Waals surface area contributed by atoms with Crippen LogP contribution in [-0.4, -0.2) is 39.8 Å². The molecule has 5 nitrogen and oxygen atoms in total. The van der Waals surface area contributed by atoms with E-state index in [-0.39, 0.29) is 11.6 Å². The second kappa shape index (κ2) is 8.69. The molecular weight excluding hydrogens is 336 g/mol. The van der Waals surface area contributed by atoms with Gasteiger partial charge in [0, 0.05) is 23.3 Å². The molecule has 1 aromatic heterocycles. The molecule has 2 aromatic rings. The summed E-state index contributed by atoms with van der Waals surface area (Å²) in [7, 11) is 0. The van der Waals surface area contributed by atoms with E-state index in [0.29, 0.717) is 6.54 Å². The Balaban J connectivity index is 1.64. The molecule has 0 amide bonds. The number of aryl methyl sites for hydroxylation is 1. The van der Waals surface area contributed by atoms with Crippen LogP contribution in [0, 0.1) is 18.8 Å². The minimum absolute atomic E-state index is 0.0863. The lowest BCUT2D eigenvalue weighted by atomic mass is 10.0. The van der Waals surface area contributed by atoms with Crippen LogP contribution in [0.1, 0.15) is 51.2 Å². The molecular formula is C22H30N4O. The average Bonchev–Trinajstić information content (AvgIpc) is 3.07. The fourth-order valence-corrected chi connectivity index (χ4v) is 3.16. The molecule has 0 spiro atoms. The molecule has 144 valence electrons. The quantitative estimate of drug-likeness (QED) is 0.841. The number of ether oxygens (including phenoxy) is 1. The Morgan fingerprint density at radius 2 is 2.15 bits per heavy atom. The molecule has 1 aliphatic rings. The van der Waals surface area contributed by atoms with Gasteiger partial charge in [-0.1, -0.05) is 23.1 Å². The highest BCUT2D eigenvalue weighted by Gasteiger charge is 2.16. The maximum Gasteiger partial charge on any atom is 0.113 e. The predicted molar refractivity (Wildman–Crippen MR) is 108 cm³/mol. The van der Waals surface area contributed by atoms with Gasteiger partial charge in [-0.3, -0.25) is 0 Å². The third kappa shape index (κ3) is 5.92. The van der Waals surface area contributed by atoms with Crippen molar-refractivity contribution in [2.75, 3.05) is 13.2 Å². The summed E-state index contributed by atoms with van der Waals surface area (Å²) in [6.07, 6.45) is 5.78. The van der Waals surface area contributed by atoms with E-state index in [1.54, 1.807) is 0 Å². The van der Waals surface area contributed by atoms with Crippen molar-refractivity contribution in [1.29, 1.82) is 0 Å². The molecule has 1 aromatic carbocycles. The predicted octanol–water partition coefficient (Wildman–Crippen LogP) is 3.56. The van der Waals surface area contributed by atoms with Crippen LogP contribution in [-0.2, 0) is 11.3 Å². The number of benzene rings is 1. The lowest BCUT2D eigenvalue weighted by Crippen LogP contribution is -2.35. The molecule has 3 rings (SSSR count). The molecule has 5 heteroatoms. The van der Waals surface area contributed by atoms with Gasteiger partial charge in [-0.15, -0.1) is 5.10 Å². The summed E-state index contributed by atoms with van der Waals surface area (Å²) in [5.74, 6) is 6.41. The highest BCUT2D eigenvalue weighted by Crippen LogP contribution is 2.22. The van der Waals surface area contributed by atoms with Crippen LogP contribution in [0.15, 0.2) is 24.4 Å². The van der Waals surface area contributed by atoms with Gasteiger partial charge in [0.05, 0.1) is 25.4 Å². The third-order valence-corrected chi connectivity index (χ3v) is 4.65. The molecule has 0 aliphatic carbocycles. The third-order valence-electron chi connectivity index (χ3n) is 4.65. The zero-order valence-electron chi connectivity index (χ0n) is 16.9.